The number of carbonyl (C=O) groups excluding carboxylic acids is 2. The molecule has 8 heteroatoms. The fraction of sp³-hybridized carbons (Fsp3) is 0.250. The molecule has 0 atom stereocenters. The summed E-state index contributed by atoms with van der Waals surface area (Å²) in [6.07, 6.45) is 1.70. The van der Waals surface area contributed by atoms with Gasteiger partial charge in [0.05, 0.1) is 35.5 Å². The van der Waals surface area contributed by atoms with Crippen molar-refractivity contribution in [2.75, 3.05) is 6.61 Å². The molecule has 4 aromatic rings. The van der Waals surface area contributed by atoms with Crippen molar-refractivity contribution in [2.45, 2.75) is 39.8 Å². The third-order valence-electron chi connectivity index (χ3n) is 5.87. The summed E-state index contributed by atoms with van der Waals surface area (Å²) in [5.41, 5.74) is 3.57. The Labute approximate surface area is 207 Å². The number of nitrogens with one attached hydrogen (secondary N) is 1. The lowest BCUT2D eigenvalue weighted by molar-refractivity contribution is 0.0526. The highest BCUT2D eigenvalue weighted by molar-refractivity contribution is 6.10. The van der Waals surface area contributed by atoms with Crippen molar-refractivity contribution in [3.05, 3.63) is 101 Å². The molecule has 0 aliphatic carbocycles. The Morgan fingerprint density at radius 3 is 2.53 bits per heavy atom. The SMILES string of the molecule is CCOC(=O)c1ccc2c(C(=O)NCc3ccc(F)c(F)c3)c(C(C)C)n(Cc3ccccn3)c2c1. The number of aromatic nitrogens is 2. The van der Waals surface area contributed by atoms with E-state index in [0.29, 0.717) is 34.1 Å². The van der Waals surface area contributed by atoms with Crippen molar-refractivity contribution < 1.29 is 23.1 Å². The second kappa shape index (κ2) is 10.7. The Kier molecular flexibility index (Phi) is 7.43. The summed E-state index contributed by atoms with van der Waals surface area (Å²) in [7, 11) is 0. The molecule has 0 spiro atoms. The van der Waals surface area contributed by atoms with Crippen LogP contribution < -0.4 is 5.32 Å². The molecule has 0 fully saturated rings. The monoisotopic (exact) mass is 491 g/mol. The molecule has 186 valence electrons. The molecule has 0 saturated carbocycles. The molecule has 0 bridgehead atoms. The highest BCUT2D eigenvalue weighted by Gasteiger charge is 2.26. The molecule has 1 N–H and O–H groups in total. The van der Waals surface area contributed by atoms with Gasteiger partial charge in [0.15, 0.2) is 11.6 Å². The molecule has 36 heavy (non-hydrogen) atoms. The van der Waals surface area contributed by atoms with Crippen molar-refractivity contribution in [3.63, 3.8) is 0 Å². The number of ether oxygens (including phenoxy) is 1. The van der Waals surface area contributed by atoms with Gasteiger partial charge in [-0.3, -0.25) is 9.78 Å². The van der Waals surface area contributed by atoms with Crippen LogP contribution in [0.4, 0.5) is 8.78 Å². The number of esters is 1. The second-order valence-corrected chi connectivity index (χ2v) is 8.71. The van der Waals surface area contributed by atoms with E-state index < -0.39 is 17.6 Å². The highest BCUT2D eigenvalue weighted by Crippen LogP contribution is 2.33. The number of halogens is 2. The third kappa shape index (κ3) is 5.12. The molecule has 2 heterocycles. The van der Waals surface area contributed by atoms with E-state index in [1.54, 1.807) is 31.3 Å². The van der Waals surface area contributed by atoms with Crippen LogP contribution in [0.5, 0.6) is 0 Å². The van der Waals surface area contributed by atoms with Gasteiger partial charge < -0.3 is 14.6 Å². The first-order valence-electron chi connectivity index (χ1n) is 11.8. The average Bonchev–Trinajstić information content (AvgIpc) is 3.19. The zero-order valence-electron chi connectivity index (χ0n) is 20.3. The van der Waals surface area contributed by atoms with Gasteiger partial charge in [0.1, 0.15) is 0 Å². The fourth-order valence-electron chi connectivity index (χ4n) is 4.29. The molecule has 0 unspecified atom stereocenters. The minimum atomic E-state index is -0.969. The van der Waals surface area contributed by atoms with Crippen molar-refractivity contribution in [3.8, 4) is 0 Å². The van der Waals surface area contributed by atoms with Crippen LogP contribution in [0.25, 0.3) is 10.9 Å². The van der Waals surface area contributed by atoms with Crippen LogP contribution in [-0.4, -0.2) is 28.0 Å². The second-order valence-electron chi connectivity index (χ2n) is 8.71. The van der Waals surface area contributed by atoms with Gasteiger partial charge in [-0.1, -0.05) is 32.0 Å². The Hall–Kier alpha value is -4.07. The first kappa shape index (κ1) is 25.0. The number of carbonyl (C=O) groups is 2. The summed E-state index contributed by atoms with van der Waals surface area (Å²) in [6.45, 7) is 6.39. The van der Waals surface area contributed by atoms with Gasteiger partial charge in [-0.2, -0.15) is 0 Å². The lowest BCUT2D eigenvalue weighted by Gasteiger charge is -2.15. The lowest BCUT2D eigenvalue weighted by atomic mass is 10.0. The molecule has 6 nitrogen and oxygen atoms in total. The Balaban J connectivity index is 1.81. The number of hydrogen-bond donors (Lipinski definition) is 1. The molecule has 1 amide bonds. The van der Waals surface area contributed by atoms with Crippen LogP contribution in [0.2, 0.25) is 0 Å². The van der Waals surface area contributed by atoms with E-state index >= 15 is 0 Å². The van der Waals surface area contributed by atoms with E-state index in [1.807, 2.05) is 36.6 Å². The van der Waals surface area contributed by atoms with Crippen LogP contribution in [0.15, 0.2) is 60.8 Å². The number of amides is 1. The Bertz CT molecular complexity index is 1410. The first-order chi connectivity index (χ1) is 17.3. The molecule has 2 aromatic heterocycles. The summed E-state index contributed by atoms with van der Waals surface area (Å²) in [5, 5.41) is 3.51. The van der Waals surface area contributed by atoms with Gasteiger partial charge in [0.25, 0.3) is 5.91 Å². The standard InChI is InChI=1S/C28H27F2N3O3/c1-4-36-28(35)19-9-10-21-24(14-19)33(16-20-7-5-6-12-31-20)26(17(2)3)25(21)27(34)32-15-18-8-11-22(29)23(30)13-18/h5-14,17H,4,15-16H2,1-3H3,(H,32,34). The van der Waals surface area contributed by atoms with E-state index in [4.69, 9.17) is 4.74 Å². The van der Waals surface area contributed by atoms with Crippen LogP contribution in [0.1, 0.15) is 64.4 Å². The molecular formula is C28H27F2N3O3. The van der Waals surface area contributed by atoms with Gasteiger partial charge in [0, 0.05) is 23.8 Å². The predicted octanol–water partition coefficient (Wildman–Crippen LogP) is 5.59. The summed E-state index contributed by atoms with van der Waals surface area (Å²) in [5.74, 6) is -2.75. The normalized spacial score (nSPS) is 11.2. The number of benzene rings is 2. The Morgan fingerprint density at radius 1 is 1.06 bits per heavy atom. The van der Waals surface area contributed by atoms with Crippen molar-refractivity contribution in [1.29, 1.82) is 0 Å². The minimum Gasteiger partial charge on any atom is -0.462 e. The quantitative estimate of drug-likeness (QED) is 0.326. The van der Waals surface area contributed by atoms with Crippen LogP contribution in [0.3, 0.4) is 0 Å². The number of hydrogen-bond acceptors (Lipinski definition) is 4. The smallest absolute Gasteiger partial charge is 0.338 e. The van der Waals surface area contributed by atoms with E-state index in [2.05, 4.69) is 10.3 Å². The summed E-state index contributed by atoms with van der Waals surface area (Å²) in [6, 6.07) is 14.3. The van der Waals surface area contributed by atoms with Crippen LogP contribution in [0, 0.1) is 11.6 Å². The fourth-order valence-corrected chi connectivity index (χ4v) is 4.29. The van der Waals surface area contributed by atoms with E-state index in [0.717, 1.165) is 23.5 Å². The van der Waals surface area contributed by atoms with Crippen LogP contribution >= 0.6 is 0 Å². The van der Waals surface area contributed by atoms with Crippen LogP contribution in [-0.2, 0) is 17.8 Å². The zero-order valence-corrected chi connectivity index (χ0v) is 20.3. The van der Waals surface area contributed by atoms with Gasteiger partial charge in [-0.25, -0.2) is 13.6 Å². The number of fused-ring (bicyclic) bond motifs is 1. The molecule has 0 radical (unpaired) electrons. The lowest BCUT2D eigenvalue weighted by Crippen LogP contribution is -2.24. The largest absolute Gasteiger partial charge is 0.462 e. The van der Waals surface area contributed by atoms with E-state index in [1.165, 1.54) is 6.07 Å². The summed E-state index contributed by atoms with van der Waals surface area (Å²) < 4.78 is 34.1. The molecule has 0 saturated heterocycles. The maximum absolute atomic E-state index is 13.6. The molecule has 0 aliphatic heterocycles. The van der Waals surface area contributed by atoms with E-state index in [-0.39, 0.29) is 25.0 Å². The molecule has 0 aliphatic rings. The van der Waals surface area contributed by atoms with Crippen molar-refractivity contribution in [2.24, 2.45) is 0 Å². The first-order valence-corrected chi connectivity index (χ1v) is 11.8. The van der Waals surface area contributed by atoms with Gasteiger partial charge in [-0.05, 0) is 54.8 Å². The van der Waals surface area contributed by atoms with Gasteiger partial charge in [-0.15, -0.1) is 0 Å². The zero-order chi connectivity index (χ0) is 25.8. The summed E-state index contributed by atoms with van der Waals surface area (Å²) >= 11 is 0. The Morgan fingerprint density at radius 2 is 1.86 bits per heavy atom. The molecule has 2 aromatic carbocycles. The van der Waals surface area contributed by atoms with Crippen molar-refractivity contribution in [1.82, 2.24) is 14.9 Å². The maximum Gasteiger partial charge on any atom is 0.338 e. The summed E-state index contributed by atoms with van der Waals surface area (Å²) in [4.78, 5) is 30.4. The third-order valence-corrected chi connectivity index (χ3v) is 5.87. The highest BCUT2D eigenvalue weighted by atomic mass is 19.2. The van der Waals surface area contributed by atoms with Gasteiger partial charge in [0.2, 0.25) is 0 Å². The van der Waals surface area contributed by atoms with E-state index in [9.17, 15) is 18.4 Å². The molecular weight excluding hydrogens is 464 g/mol. The number of pyridine rings is 1. The van der Waals surface area contributed by atoms with Crippen molar-refractivity contribution >= 4 is 22.8 Å². The topological polar surface area (TPSA) is 73.2 Å². The molecule has 4 rings (SSSR count). The number of rotatable bonds is 8. The average molecular weight is 492 g/mol. The predicted molar refractivity (Wildman–Crippen MR) is 133 cm³/mol. The maximum atomic E-state index is 13.6. The van der Waals surface area contributed by atoms with Gasteiger partial charge >= 0.3 is 5.97 Å². The minimum absolute atomic E-state index is 0.0292. The number of nitrogens with zero attached hydrogens (tertiary/aromatic N) is 2.